The summed E-state index contributed by atoms with van der Waals surface area (Å²) in [6.07, 6.45) is 1.29. The molecule has 0 saturated heterocycles. The van der Waals surface area contributed by atoms with Gasteiger partial charge in [0.15, 0.2) is 0 Å². The van der Waals surface area contributed by atoms with Gasteiger partial charge in [-0.2, -0.15) is 0 Å². The Bertz CT molecular complexity index is 520. The van der Waals surface area contributed by atoms with Crippen LogP contribution in [0, 0.1) is 0 Å². The van der Waals surface area contributed by atoms with Gasteiger partial charge in [-0.1, -0.05) is 18.2 Å². The first-order valence-electron chi connectivity index (χ1n) is 4.66. The zero-order valence-electron chi connectivity index (χ0n) is 8.29. The van der Waals surface area contributed by atoms with Gasteiger partial charge in [-0.05, 0) is 18.2 Å². The molecule has 16 heavy (non-hydrogen) atoms. The van der Waals surface area contributed by atoms with E-state index in [0.717, 1.165) is 0 Å². The second kappa shape index (κ2) is 4.02. The van der Waals surface area contributed by atoms with Crippen LogP contribution in [-0.4, -0.2) is 21.2 Å². The van der Waals surface area contributed by atoms with Crippen LogP contribution in [-0.2, 0) is 0 Å². The van der Waals surface area contributed by atoms with E-state index in [0.29, 0.717) is 11.3 Å². The molecule has 4 heteroatoms. The lowest BCUT2D eigenvalue weighted by Gasteiger charge is -2.04. The minimum atomic E-state index is -0.995. The van der Waals surface area contributed by atoms with Crippen molar-refractivity contribution in [2.45, 2.75) is 0 Å². The Kier molecular flexibility index (Phi) is 2.55. The lowest BCUT2D eigenvalue weighted by Crippen LogP contribution is -1.99. The monoisotopic (exact) mass is 215 g/mol. The third-order valence-corrected chi connectivity index (χ3v) is 2.18. The third-order valence-electron chi connectivity index (χ3n) is 2.18. The average Bonchev–Trinajstić information content (AvgIpc) is 2.30. The van der Waals surface area contributed by atoms with Crippen molar-refractivity contribution >= 4 is 5.97 Å². The Morgan fingerprint density at radius 1 is 1.12 bits per heavy atom. The Morgan fingerprint density at radius 3 is 2.50 bits per heavy atom. The van der Waals surface area contributed by atoms with Crippen LogP contribution < -0.4 is 0 Å². The molecule has 0 unspecified atom stereocenters. The number of pyridine rings is 1. The van der Waals surface area contributed by atoms with E-state index in [2.05, 4.69) is 4.98 Å². The first kappa shape index (κ1) is 10.2. The van der Waals surface area contributed by atoms with Gasteiger partial charge >= 0.3 is 5.97 Å². The molecule has 0 aliphatic carbocycles. The summed E-state index contributed by atoms with van der Waals surface area (Å²) in [6, 6.07) is 9.66. The van der Waals surface area contributed by atoms with Crippen molar-refractivity contribution in [3.63, 3.8) is 0 Å². The second-order valence-corrected chi connectivity index (χ2v) is 3.25. The lowest BCUT2D eigenvalue weighted by molar-refractivity contribution is 0.0697. The molecule has 0 bridgehead atoms. The van der Waals surface area contributed by atoms with Gasteiger partial charge in [-0.15, -0.1) is 0 Å². The molecule has 0 atom stereocenters. The van der Waals surface area contributed by atoms with E-state index in [1.165, 1.54) is 18.3 Å². The summed E-state index contributed by atoms with van der Waals surface area (Å²) in [5.74, 6) is -0.943. The lowest BCUT2D eigenvalue weighted by atomic mass is 10.0. The fourth-order valence-corrected chi connectivity index (χ4v) is 1.44. The number of carbonyl (C=O) groups is 1. The molecule has 0 aliphatic rings. The maximum absolute atomic E-state index is 11.0. The number of aromatic nitrogens is 1. The minimum Gasteiger partial charge on any atom is -0.506 e. The van der Waals surface area contributed by atoms with Crippen LogP contribution in [0.4, 0.5) is 0 Å². The van der Waals surface area contributed by atoms with E-state index in [-0.39, 0.29) is 11.3 Å². The van der Waals surface area contributed by atoms with Crippen LogP contribution in [0.2, 0.25) is 0 Å². The van der Waals surface area contributed by atoms with Crippen molar-refractivity contribution in [3.05, 3.63) is 48.2 Å². The Morgan fingerprint density at radius 2 is 1.88 bits per heavy atom. The van der Waals surface area contributed by atoms with Gasteiger partial charge in [0.1, 0.15) is 5.75 Å². The first-order chi connectivity index (χ1) is 7.68. The highest BCUT2D eigenvalue weighted by Gasteiger charge is 2.11. The number of hydrogen-bond acceptors (Lipinski definition) is 3. The summed E-state index contributed by atoms with van der Waals surface area (Å²) in [6.45, 7) is 0. The Balaban J connectivity index is 2.55. The number of aromatic carboxylic acids is 1. The highest BCUT2D eigenvalue weighted by atomic mass is 16.4. The first-order valence-corrected chi connectivity index (χ1v) is 4.66. The molecule has 2 rings (SSSR count). The third kappa shape index (κ3) is 1.86. The molecule has 0 amide bonds. The average molecular weight is 215 g/mol. The number of benzene rings is 1. The normalized spacial score (nSPS) is 10.0. The van der Waals surface area contributed by atoms with Crippen molar-refractivity contribution in [1.82, 2.24) is 4.98 Å². The van der Waals surface area contributed by atoms with Crippen LogP contribution in [0.3, 0.4) is 0 Å². The van der Waals surface area contributed by atoms with Crippen molar-refractivity contribution in [2.24, 2.45) is 0 Å². The molecule has 2 aromatic rings. The van der Waals surface area contributed by atoms with E-state index in [1.807, 2.05) is 0 Å². The van der Waals surface area contributed by atoms with Crippen LogP contribution in [0.1, 0.15) is 10.4 Å². The van der Waals surface area contributed by atoms with E-state index in [9.17, 15) is 4.79 Å². The molecule has 4 nitrogen and oxygen atoms in total. The quantitative estimate of drug-likeness (QED) is 0.805. The molecule has 0 aliphatic heterocycles. The van der Waals surface area contributed by atoms with E-state index >= 15 is 0 Å². The summed E-state index contributed by atoms with van der Waals surface area (Å²) >= 11 is 0. The van der Waals surface area contributed by atoms with Gasteiger partial charge < -0.3 is 10.2 Å². The van der Waals surface area contributed by atoms with Gasteiger partial charge in [0, 0.05) is 5.56 Å². The number of aromatic hydroxyl groups is 1. The predicted octanol–water partition coefficient (Wildman–Crippen LogP) is 2.15. The van der Waals surface area contributed by atoms with Crippen LogP contribution >= 0.6 is 0 Å². The molecule has 0 fully saturated rings. The van der Waals surface area contributed by atoms with Crippen molar-refractivity contribution in [3.8, 4) is 17.0 Å². The molecule has 1 aromatic carbocycles. The molecule has 0 saturated carbocycles. The van der Waals surface area contributed by atoms with Crippen molar-refractivity contribution in [2.75, 3.05) is 0 Å². The maximum Gasteiger partial charge on any atom is 0.336 e. The number of rotatable bonds is 2. The zero-order valence-corrected chi connectivity index (χ0v) is 8.29. The van der Waals surface area contributed by atoms with Gasteiger partial charge in [0.25, 0.3) is 0 Å². The Labute approximate surface area is 91.8 Å². The van der Waals surface area contributed by atoms with E-state index in [4.69, 9.17) is 10.2 Å². The summed E-state index contributed by atoms with van der Waals surface area (Å²) in [7, 11) is 0. The molecular formula is C12H9NO3. The molecule has 1 heterocycles. The molecular weight excluding hydrogens is 206 g/mol. The smallest absolute Gasteiger partial charge is 0.336 e. The fourth-order valence-electron chi connectivity index (χ4n) is 1.44. The number of hydrogen-bond donors (Lipinski definition) is 2. The maximum atomic E-state index is 11.0. The van der Waals surface area contributed by atoms with E-state index in [1.54, 1.807) is 24.3 Å². The van der Waals surface area contributed by atoms with Crippen LogP contribution in [0.5, 0.6) is 5.75 Å². The number of nitrogens with zero attached hydrogens (tertiary/aromatic N) is 1. The standard InChI is InChI=1S/C12H9NO3/c14-8-5-6-11(13-7-8)9-3-1-2-4-10(9)12(15)16/h1-7,14H,(H,15,16). The highest BCUT2D eigenvalue weighted by molar-refractivity contribution is 5.95. The molecule has 80 valence electrons. The largest absolute Gasteiger partial charge is 0.506 e. The molecule has 0 spiro atoms. The highest BCUT2D eigenvalue weighted by Crippen LogP contribution is 2.22. The Hall–Kier alpha value is -2.36. The van der Waals surface area contributed by atoms with Crippen LogP contribution in [0.25, 0.3) is 11.3 Å². The molecule has 2 N–H and O–H groups in total. The molecule has 1 aromatic heterocycles. The minimum absolute atomic E-state index is 0.0524. The van der Waals surface area contributed by atoms with Gasteiger partial charge in [0.2, 0.25) is 0 Å². The van der Waals surface area contributed by atoms with Gasteiger partial charge in [-0.25, -0.2) is 4.79 Å². The van der Waals surface area contributed by atoms with Gasteiger partial charge in [0.05, 0.1) is 17.5 Å². The van der Waals surface area contributed by atoms with Crippen LogP contribution in [0.15, 0.2) is 42.6 Å². The summed E-state index contributed by atoms with van der Waals surface area (Å²) in [4.78, 5) is 15.0. The van der Waals surface area contributed by atoms with E-state index < -0.39 is 5.97 Å². The summed E-state index contributed by atoms with van der Waals surface area (Å²) < 4.78 is 0. The SMILES string of the molecule is O=C(O)c1ccccc1-c1ccc(O)cn1. The van der Waals surface area contributed by atoms with Crippen molar-refractivity contribution < 1.29 is 15.0 Å². The fraction of sp³-hybridized carbons (Fsp3) is 0. The topological polar surface area (TPSA) is 70.4 Å². The van der Waals surface area contributed by atoms with Crippen molar-refractivity contribution in [1.29, 1.82) is 0 Å². The molecule has 0 radical (unpaired) electrons. The number of carboxylic acids is 1. The second-order valence-electron chi connectivity index (χ2n) is 3.25. The predicted molar refractivity (Wildman–Crippen MR) is 58.3 cm³/mol. The van der Waals surface area contributed by atoms with Gasteiger partial charge in [-0.3, -0.25) is 4.98 Å². The number of carboxylic acid groups (broad SMARTS) is 1. The summed E-state index contributed by atoms with van der Waals surface area (Å²) in [5, 5.41) is 18.1. The zero-order chi connectivity index (χ0) is 11.5. The summed E-state index contributed by atoms with van der Waals surface area (Å²) in [5.41, 5.74) is 1.26.